The smallest absolute Gasteiger partial charge is 0.253 e. The van der Waals surface area contributed by atoms with Crippen LogP contribution in [0.4, 0.5) is 0 Å². The van der Waals surface area contributed by atoms with Crippen molar-refractivity contribution >= 4 is 23.0 Å². The lowest BCUT2D eigenvalue weighted by molar-refractivity contribution is -0.122. The maximum atomic E-state index is 12.5. The monoisotopic (exact) mass is 349 g/mol. The fourth-order valence-electron chi connectivity index (χ4n) is 3.12. The Balaban J connectivity index is 1.58. The lowest BCUT2D eigenvalue weighted by atomic mass is 10.1. The number of hydrogen-bond donors (Lipinski definition) is 2. The molecule has 1 aliphatic heterocycles. The Hall–Kier alpha value is -3.22. The summed E-state index contributed by atoms with van der Waals surface area (Å²) < 4.78 is 1.87. The molecule has 3 heterocycles. The molecule has 2 aromatic heterocycles. The topological polar surface area (TPSA) is 88.9 Å². The maximum Gasteiger partial charge on any atom is 0.253 e. The fourth-order valence-corrected chi connectivity index (χ4v) is 3.12. The molecule has 1 aromatic carbocycles. The van der Waals surface area contributed by atoms with Gasteiger partial charge in [-0.3, -0.25) is 14.2 Å². The van der Waals surface area contributed by atoms with Crippen molar-refractivity contribution in [2.24, 2.45) is 0 Å². The van der Waals surface area contributed by atoms with Gasteiger partial charge in [0, 0.05) is 18.4 Å². The SMILES string of the molecule is O=C(NC1CCCCNC1=O)c1cnc2c(c1)ncn2-c1ccccc1. The van der Waals surface area contributed by atoms with Crippen LogP contribution in [0, 0.1) is 0 Å². The third kappa shape index (κ3) is 3.15. The van der Waals surface area contributed by atoms with Gasteiger partial charge in [0.1, 0.15) is 17.9 Å². The average molecular weight is 349 g/mol. The normalized spacial score (nSPS) is 17.5. The van der Waals surface area contributed by atoms with Crippen LogP contribution in [0.15, 0.2) is 48.9 Å². The Kier molecular flexibility index (Phi) is 4.35. The average Bonchev–Trinajstić information content (AvgIpc) is 3.00. The first kappa shape index (κ1) is 16.3. The van der Waals surface area contributed by atoms with E-state index in [4.69, 9.17) is 0 Å². The second-order valence-corrected chi connectivity index (χ2v) is 6.33. The third-order valence-corrected chi connectivity index (χ3v) is 4.52. The first-order valence-electron chi connectivity index (χ1n) is 8.69. The van der Waals surface area contributed by atoms with Gasteiger partial charge in [0.05, 0.1) is 5.56 Å². The van der Waals surface area contributed by atoms with E-state index in [1.54, 1.807) is 12.4 Å². The van der Waals surface area contributed by atoms with Crippen molar-refractivity contribution in [3.63, 3.8) is 0 Å². The number of pyridine rings is 1. The summed E-state index contributed by atoms with van der Waals surface area (Å²) in [6.07, 6.45) is 5.70. The molecule has 0 spiro atoms. The van der Waals surface area contributed by atoms with Crippen molar-refractivity contribution < 1.29 is 9.59 Å². The van der Waals surface area contributed by atoms with Gasteiger partial charge in [-0.15, -0.1) is 0 Å². The Bertz CT molecular complexity index is 951. The predicted molar refractivity (Wildman–Crippen MR) is 97.0 cm³/mol. The Morgan fingerprint density at radius 2 is 2.04 bits per heavy atom. The number of benzene rings is 1. The number of fused-ring (bicyclic) bond motifs is 1. The number of rotatable bonds is 3. The molecule has 132 valence electrons. The van der Waals surface area contributed by atoms with E-state index in [1.165, 1.54) is 6.20 Å². The lowest BCUT2D eigenvalue weighted by Crippen LogP contribution is -2.45. The van der Waals surface area contributed by atoms with Crippen molar-refractivity contribution in [3.8, 4) is 5.69 Å². The van der Waals surface area contributed by atoms with E-state index in [0.29, 0.717) is 29.7 Å². The van der Waals surface area contributed by atoms with Gasteiger partial charge in [0.2, 0.25) is 5.91 Å². The van der Waals surface area contributed by atoms with Crippen LogP contribution >= 0.6 is 0 Å². The molecule has 1 unspecified atom stereocenters. The van der Waals surface area contributed by atoms with Crippen LogP contribution in [-0.4, -0.2) is 38.9 Å². The van der Waals surface area contributed by atoms with Crippen molar-refractivity contribution in [3.05, 3.63) is 54.5 Å². The zero-order valence-corrected chi connectivity index (χ0v) is 14.2. The van der Waals surface area contributed by atoms with E-state index in [9.17, 15) is 9.59 Å². The quantitative estimate of drug-likeness (QED) is 0.755. The molecule has 2 N–H and O–H groups in total. The molecule has 3 aromatic rings. The molecule has 2 amide bonds. The van der Waals surface area contributed by atoms with E-state index in [1.807, 2.05) is 34.9 Å². The standard InChI is InChI=1S/C19H19N5O2/c25-18(23-15-8-4-5-9-20-19(15)26)13-10-16-17(21-11-13)24(12-22-16)14-6-2-1-3-7-14/h1-3,6-7,10-12,15H,4-5,8-9H2,(H,20,26)(H,23,25). The highest BCUT2D eigenvalue weighted by Crippen LogP contribution is 2.17. The van der Waals surface area contributed by atoms with Crippen molar-refractivity contribution in [1.82, 2.24) is 25.2 Å². The minimum absolute atomic E-state index is 0.127. The molecule has 1 saturated heterocycles. The number of carbonyl (C=O) groups is 2. The van der Waals surface area contributed by atoms with Gasteiger partial charge < -0.3 is 10.6 Å². The number of amides is 2. The molecule has 0 bridgehead atoms. The second-order valence-electron chi connectivity index (χ2n) is 6.33. The molecule has 1 atom stereocenters. The molecule has 26 heavy (non-hydrogen) atoms. The third-order valence-electron chi connectivity index (χ3n) is 4.52. The van der Waals surface area contributed by atoms with Gasteiger partial charge in [-0.1, -0.05) is 18.2 Å². The molecular formula is C19H19N5O2. The minimum atomic E-state index is -0.498. The Morgan fingerprint density at radius 3 is 2.88 bits per heavy atom. The number of para-hydroxylation sites is 1. The van der Waals surface area contributed by atoms with E-state index in [-0.39, 0.29) is 11.8 Å². The zero-order valence-electron chi connectivity index (χ0n) is 14.2. The molecule has 7 nitrogen and oxygen atoms in total. The second kappa shape index (κ2) is 6.95. The Labute approximate surface area is 150 Å². The van der Waals surface area contributed by atoms with Crippen molar-refractivity contribution in [2.45, 2.75) is 25.3 Å². The van der Waals surface area contributed by atoms with Gasteiger partial charge >= 0.3 is 0 Å². The summed E-state index contributed by atoms with van der Waals surface area (Å²) in [6, 6.07) is 11.0. The van der Waals surface area contributed by atoms with Gasteiger partial charge in [0.15, 0.2) is 5.65 Å². The number of nitrogens with zero attached hydrogens (tertiary/aromatic N) is 3. The van der Waals surface area contributed by atoms with Gasteiger partial charge in [-0.05, 0) is 37.5 Å². The van der Waals surface area contributed by atoms with Crippen LogP contribution in [0.1, 0.15) is 29.6 Å². The van der Waals surface area contributed by atoms with Gasteiger partial charge in [-0.2, -0.15) is 0 Å². The van der Waals surface area contributed by atoms with Crippen LogP contribution in [0.2, 0.25) is 0 Å². The van der Waals surface area contributed by atoms with Crippen LogP contribution in [0.5, 0.6) is 0 Å². The van der Waals surface area contributed by atoms with Crippen LogP contribution < -0.4 is 10.6 Å². The summed E-state index contributed by atoms with van der Waals surface area (Å²) in [5.74, 6) is -0.436. The van der Waals surface area contributed by atoms with Crippen molar-refractivity contribution in [1.29, 1.82) is 0 Å². The number of carbonyl (C=O) groups excluding carboxylic acids is 2. The van der Waals surface area contributed by atoms with Gasteiger partial charge in [0.25, 0.3) is 5.91 Å². The van der Waals surface area contributed by atoms with Crippen LogP contribution in [-0.2, 0) is 4.79 Å². The maximum absolute atomic E-state index is 12.5. The largest absolute Gasteiger partial charge is 0.354 e. The van der Waals surface area contributed by atoms with Gasteiger partial charge in [-0.25, -0.2) is 9.97 Å². The highest BCUT2D eigenvalue weighted by Gasteiger charge is 2.23. The summed E-state index contributed by atoms with van der Waals surface area (Å²) in [5.41, 5.74) is 2.66. The highest BCUT2D eigenvalue weighted by molar-refractivity contribution is 5.99. The number of aromatic nitrogens is 3. The highest BCUT2D eigenvalue weighted by atomic mass is 16.2. The number of imidazole rings is 1. The number of hydrogen-bond acceptors (Lipinski definition) is 4. The number of nitrogens with one attached hydrogen (secondary N) is 2. The predicted octanol–water partition coefficient (Wildman–Crippen LogP) is 1.82. The summed E-state index contributed by atoms with van der Waals surface area (Å²) >= 11 is 0. The summed E-state index contributed by atoms with van der Waals surface area (Å²) in [4.78, 5) is 33.3. The van der Waals surface area contributed by atoms with E-state index in [0.717, 1.165) is 18.5 Å². The molecule has 4 rings (SSSR count). The molecule has 0 radical (unpaired) electrons. The van der Waals surface area contributed by atoms with Crippen molar-refractivity contribution in [2.75, 3.05) is 6.54 Å². The molecule has 0 aliphatic carbocycles. The lowest BCUT2D eigenvalue weighted by Gasteiger charge is -2.15. The minimum Gasteiger partial charge on any atom is -0.354 e. The van der Waals surface area contributed by atoms with Crippen LogP contribution in [0.25, 0.3) is 16.9 Å². The molecular weight excluding hydrogens is 330 g/mol. The summed E-state index contributed by atoms with van der Waals surface area (Å²) in [5, 5.41) is 5.62. The first-order valence-corrected chi connectivity index (χ1v) is 8.69. The molecule has 0 saturated carbocycles. The van der Waals surface area contributed by atoms with E-state index < -0.39 is 6.04 Å². The van der Waals surface area contributed by atoms with E-state index in [2.05, 4.69) is 20.6 Å². The zero-order chi connectivity index (χ0) is 17.9. The summed E-state index contributed by atoms with van der Waals surface area (Å²) in [7, 11) is 0. The molecule has 7 heteroatoms. The molecule has 1 aliphatic rings. The Morgan fingerprint density at radius 1 is 1.19 bits per heavy atom. The van der Waals surface area contributed by atoms with Crippen LogP contribution in [0.3, 0.4) is 0 Å². The molecule has 1 fully saturated rings. The fraction of sp³-hybridized carbons (Fsp3) is 0.263. The van der Waals surface area contributed by atoms with E-state index >= 15 is 0 Å². The summed E-state index contributed by atoms with van der Waals surface area (Å²) in [6.45, 7) is 0.662. The first-order chi connectivity index (χ1) is 12.7.